The van der Waals surface area contributed by atoms with Gasteiger partial charge in [-0.25, -0.2) is 8.42 Å². The molecule has 0 saturated carbocycles. The lowest BCUT2D eigenvalue weighted by Gasteiger charge is -2.03. The number of aromatic nitrogens is 1. The van der Waals surface area contributed by atoms with Gasteiger partial charge in [0.05, 0.1) is 9.79 Å². The van der Waals surface area contributed by atoms with Crippen LogP contribution in [0.25, 0.3) is 11.0 Å². The Morgan fingerprint density at radius 1 is 0.576 bits per heavy atom. The maximum atomic E-state index is 12.3. The summed E-state index contributed by atoms with van der Waals surface area (Å²) in [6.45, 7) is 0. The van der Waals surface area contributed by atoms with Crippen molar-refractivity contribution in [1.82, 2.24) is 4.57 Å². The van der Waals surface area contributed by atoms with Crippen molar-refractivity contribution < 1.29 is 18.0 Å². The van der Waals surface area contributed by atoms with Gasteiger partial charge in [-0.1, -0.05) is 36.4 Å². The van der Waals surface area contributed by atoms with Crippen LogP contribution in [0.3, 0.4) is 0 Å². The molecule has 0 unspecified atom stereocenters. The second-order valence-corrected chi connectivity index (χ2v) is 9.18. The van der Waals surface area contributed by atoms with E-state index in [1.165, 1.54) is 0 Å². The van der Waals surface area contributed by atoms with Crippen LogP contribution in [0, 0.1) is 0 Å². The van der Waals surface area contributed by atoms with Crippen molar-refractivity contribution >= 4 is 32.7 Å². The fourth-order valence-corrected chi connectivity index (χ4v) is 4.68. The number of carbonyl (C=O) groups is 2. The summed E-state index contributed by atoms with van der Waals surface area (Å²) in [6, 6.07) is 30.8. The van der Waals surface area contributed by atoms with Crippen molar-refractivity contribution in [3.63, 3.8) is 0 Å². The Labute approximate surface area is 191 Å². The van der Waals surface area contributed by atoms with E-state index in [-0.39, 0.29) is 5.91 Å². The molecule has 2 heterocycles. The van der Waals surface area contributed by atoms with E-state index in [1.54, 1.807) is 89.5 Å². The predicted octanol–water partition coefficient (Wildman–Crippen LogP) is 4.39. The number of fused-ring (bicyclic) bond motifs is 2. The van der Waals surface area contributed by atoms with Gasteiger partial charge in [0.2, 0.25) is 15.7 Å². The summed E-state index contributed by atoms with van der Waals surface area (Å²) in [5.41, 5.74) is 7.82. The molecule has 0 fully saturated rings. The highest BCUT2D eigenvalue weighted by Crippen LogP contribution is 2.20. The van der Waals surface area contributed by atoms with Gasteiger partial charge in [0, 0.05) is 22.2 Å². The minimum atomic E-state index is -3.34. The van der Waals surface area contributed by atoms with Crippen LogP contribution < -0.4 is 5.73 Å². The van der Waals surface area contributed by atoms with E-state index in [0.717, 1.165) is 11.0 Å². The number of nitrogens with two attached hydrogens (primary N) is 1. The zero-order valence-electron chi connectivity index (χ0n) is 17.5. The summed E-state index contributed by atoms with van der Waals surface area (Å²) in [5, 5.41) is 0. The van der Waals surface area contributed by atoms with Crippen LogP contribution in [0.2, 0.25) is 0 Å². The van der Waals surface area contributed by atoms with Crippen molar-refractivity contribution in [3.8, 4) is 0 Å². The first-order valence-electron chi connectivity index (χ1n) is 10.1. The van der Waals surface area contributed by atoms with Crippen molar-refractivity contribution in [3.05, 3.63) is 120 Å². The molecule has 3 aromatic carbocycles. The lowest BCUT2D eigenvalue weighted by atomic mass is 10.1. The molecule has 0 aliphatic heterocycles. The van der Waals surface area contributed by atoms with Gasteiger partial charge < -0.3 is 5.73 Å². The SMILES string of the molecule is NC(=O)c1ccc(C(=O)n2c3ccc2cc3)cc1.O=S(=O)(c1ccccc1)c1ccccc1. The molecule has 0 spiro atoms. The number of rotatable bonds is 4. The van der Waals surface area contributed by atoms with Gasteiger partial charge in [-0.05, 0) is 72.8 Å². The normalized spacial score (nSPS) is 11.0. The Kier molecular flexibility index (Phi) is 6.06. The highest BCUT2D eigenvalue weighted by Gasteiger charge is 2.16. The molecule has 33 heavy (non-hydrogen) atoms. The summed E-state index contributed by atoms with van der Waals surface area (Å²) >= 11 is 0. The van der Waals surface area contributed by atoms with Gasteiger partial charge >= 0.3 is 0 Å². The quantitative estimate of drug-likeness (QED) is 0.434. The molecule has 1 amide bonds. The number of carbonyl (C=O) groups excluding carboxylic acids is 2. The van der Waals surface area contributed by atoms with E-state index in [9.17, 15) is 18.0 Å². The predicted molar refractivity (Wildman–Crippen MR) is 126 cm³/mol. The maximum absolute atomic E-state index is 12.3. The first-order chi connectivity index (χ1) is 15.9. The van der Waals surface area contributed by atoms with E-state index in [0.29, 0.717) is 20.9 Å². The minimum absolute atomic E-state index is 0.106. The molecule has 164 valence electrons. The summed E-state index contributed by atoms with van der Waals surface area (Å²) in [6.07, 6.45) is 0. The summed E-state index contributed by atoms with van der Waals surface area (Å²) in [4.78, 5) is 23.9. The van der Waals surface area contributed by atoms with Gasteiger partial charge in [-0.3, -0.25) is 14.2 Å². The molecule has 0 aliphatic rings. The molecule has 7 heteroatoms. The van der Waals surface area contributed by atoms with Crippen molar-refractivity contribution in [2.45, 2.75) is 9.79 Å². The van der Waals surface area contributed by atoms with Crippen LogP contribution in [-0.4, -0.2) is 24.8 Å². The number of primary amides is 1. The lowest BCUT2D eigenvalue weighted by molar-refractivity contribution is 0.0965. The Morgan fingerprint density at radius 3 is 1.36 bits per heavy atom. The van der Waals surface area contributed by atoms with Gasteiger partial charge in [-0.2, -0.15) is 0 Å². The fraction of sp³-hybridized carbons (Fsp3) is 0. The number of hydrogen-bond donors (Lipinski definition) is 1. The van der Waals surface area contributed by atoms with E-state index in [1.807, 2.05) is 24.3 Å². The minimum Gasteiger partial charge on any atom is -0.366 e. The zero-order valence-corrected chi connectivity index (χ0v) is 18.3. The summed E-state index contributed by atoms with van der Waals surface area (Å²) in [7, 11) is -3.34. The molecule has 0 saturated heterocycles. The van der Waals surface area contributed by atoms with E-state index >= 15 is 0 Å². The molecule has 0 aliphatic carbocycles. The van der Waals surface area contributed by atoms with E-state index < -0.39 is 15.7 Å². The third-order valence-corrected chi connectivity index (χ3v) is 6.88. The molecule has 0 atom stereocenters. The van der Waals surface area contributed by atoms with Crippen LogP contribution in [-0.2, 0) is 9.84 Å². The lowest BCUT2D eigenvalue weighted by Crippen LogP contribution is -2.13. The highest BCUT2D eigenvalue weighted by atomic mass is 32.2. The smallest absolute Gasteiger partial charge is 0.262 e. The van der Waals surface area contributed by atoms with Gasteiger partial charge in [0.25, 0.3) is 5.91 Å². The molecular formula is C26H20N2O4S. The molecule has 6 nitrogen and oxygen atoms in total. The maximum Gasteiger partial charge on any atom is 0.262 e. The Balaban J connectivity index is 0.000000160. The standard InChI is InChI=1S/C14H10N2O2.C12H10O2S/c15-13(17)9-1-3-10(4-2-9)14(18)16-11-5-6-12(16)8-7-11;13-15(14,11-7-3-1-4-8-11)12-9-5-2-6-10-12/h1-8H,(H2,15,17);1-10H. The molecule has 2 aromatic heterocycles. The van der Waals surface area contributed by atoms with Crippen molar-refractivity contribution in [2.75, 3.05) is 0 Å². The molecule has 2 bridgehead atoms. The van der Waals surface area contributed by atoms with Crippen LogP contribution in [0.4, 0.5) is 0 Å². The number of amides is 1. The first-order valence-corrected chi connectivity index (χ1v) is 11.6. The van der Waals surface area contributed by atoms with Gasteiger partial charge in [0.15, 0.2) is 0 Å². The molecule has 0 radical (unpaired) electrons. The van der Waals surface area contributed by atoms with Crippen LogP contribution in [0.5, 0.6) is 0 Å². The monoisotopic (exact) mass is 456 g/mol. The summed E-state index contributed by atoms with van der Waals surface area (Å²) < 4.78 is 25.7. The molecular weight excluding hydrogens is 436 g/mol. The van der Waals surface area contributed by atoms with Gasteiger partial charge in [-0.15, -0.1) is 0 Å². The third-order valence-electron chi connectivity index (χ3n) is 5.09. The number of sulfone groups is 1. The van der Waals surface area contributed by atoms with E-state index in [4.69, 9.17) is 5.73 Å². The van der Waals surface area contributed by atoms with Crippen molar-refractivity contribution in [1.29, 1.82) is 0 Å². The fourth-order valence-electron chi connectivity index (χ4n) is 3.38. The molecule has 5 aromatic rings. The number of hydrogen-bond acceptors (Lipinski definition) is 4. The van der Waals surface area contributed by atoms with Crippen LogP contribution in [0.1, 0.15) is 20.7 Å². The number of nitrogens with zero attached hydrogens (tertiary/aromatic N) is 1. The largest absolute Gasteiger partial charge is 0.366 e. The van der Waals surface area contributed by atoms with E-state index in [2.05, 4.69) is 0 Å². The second kappa shape index (κ2) is 9.10. The summed E-state index contributed by atoms with van der Waals surface area (Å²) in [5.74, 6) is -0.603. The third kappa shape index (κ3) is 4.53. The topological polar surface area (TPSA) is 99.2 Å². The van der Waals surface area contributed by atoms with Gasteiger partial charge in [0.1, 0.15) is 0 Å². The Bertz CT molecular complexity index is 1400. The Morgan fingerprint density at radius 2 is 0.970 bits per heavy atom. The average molecular weight is 457 g/mol. The van der Waals surface area contributed by atoms with Crippen LogP contribution >= 0.6 is 0 Å². The van der Waals surface area contributed by atoms with Crippen molar-refractivity contribution in [2.24, 2.45) is 5.73 Å². The van der Waals surface area contributed by atoms with Crippen LogP contribution in [0.15, 0.2) is 119 Å². The molecule has 5 rings (SSSR count). The highest BCUT2D eigenvalue weighted by molar-refractivity contribution is 7.91. The molecule has 2 N–H and O–H groups in total. The number of benzene rings is 4. The second-order valence-electron chi connectivity index (χ2n) is 7.23. The zero-order chi connectivity index (χ0) is 23.4. The average Bonchev–Trinajstić information content (AvgIpc) is 3.46. The first kappa shape index (κ1) is 22.0. The Hall–Kier alpha value is -4.23.